The molecule has 5 aromatic carbocycles. The molecule has 0 saturated heterocycles. The van der Waals surface area contributed by atoms with Gasteiger partial charge in [0.1, 0.15) is 59.2 Å². The van der Waals surface area contributed by atoms with Crippen LogP contribution in [0, 0.1) is 69.8 Å². The molecule has 47 heavy (non-hydrogen) atoms. The SMILES string of the molecule is C[NH+](C)Cc1ccccc1.Fc1cc(F)c(F)c([B-](c2cc(F)cc(F)c2F)(c2cc(F)cc(F)c2F)c2cc(F)cc(F)c2F)c1. The van der Waals surface area contributed by atoms with Gasteiger partial charge in [-0.15, -0.1) is 0 Å². The van der Waals surface area contributed by atoms with E-state index in [1.165, 1.54) is 10.5 Å². The quantitative estimate of drug-likeness (QED) is 0.146. The highest BCUT2D eigenvalue weighted by Gasteiger charge is 2.43. The fourth-order valence-electron chi connectivity index (χ4n) is 5.57. The van der Waals surface area contributed by atoms with E-state index in [0.717, 1.165) is 6.54 Å². The molecule has 5 rings (SSSR count). The van der Waals surface area contributed by atoms with Crippen LogP contribution < -0.4 is 26.8 Å². The molecular formula is C33H22BF12N. The summed E-state index contributed by atoms with van der Waals surface area (Å²) < 4.78 is 176. The maximum atomic E-state index is 15.3. The molecule has 0 amide bonds. The van der Waals surface area contributed by atoms with Gasteiger partial charge < -0.3 is 4.90 Å². The minimum absolute atomic E-state index is 0.0227. The van der Waals surface area contributed by atoms with Crippen molar-refractivity contribution in [3.05, 3.63) is 154 Å². The molecule has 0 spiro atoms. The van der Waals surface area contributed by atoms with Crippen LogP contribution in [0.15, 0.2) is 78.9 Å². The third kappa shape index (κ3) is 7.02. The first-order chi connectivity index (χ1) is 22.1. The fraction of sp³-hybridized carbons (Fsp3) is 0.0909. The van der Waals surface area contributed by atoms with Crippen LogP contribution in [0.2, 0.25) is 0 Å². The summed E-state index contributed by atoms with van der Waals surface area (Å²) in [5, 5.41) is 0. The van der Waals surface area contributed by atoms with E-state index in [4.69, 9.17) is 0 Å². The number of hydrogen-bond donors (Lipinski definition) is 1. The average Bonchev–Trinajstić information content (AvgIpc) is 2.99. The molecule has 0 aliphatic carbocycles. The average molecular weight is 671 g/mol. The molecule has 14 heteroatoms. The van der Waals surface area contributed by atoms with Gasteiger partial charge in [-0.3, -0.25) is 0 Å². The topological polar surface area (TPSA) is 4.44 Å². The molecule has 0 radical (unpaired) electrons. The Kier molecular flexibility index (Phi) is 10.4. The van der Waals surface area contributed by atoms with Crippen LogP contribution in [0.25, 0.3) is 0 Å². The monoisotopic (exact) mass is 671 g/mol. The number of rotatable bonds is 6. The summed E-state index contributed by atoms with van der Waals surface area (Å²) in [6.07, 6.45) is -4.89. The molecule has 0 heterocycles. The normalized spacial score (nSPS) is 11.5. The summed E-state index contributed by atoms with van der Waals surface area (Å²) in [5.41, 5.74) is -5.28. The number of nitrogens with one attached hydrogen (secondary N) is 1. The molecule has 0 aliphatic heterocycles. The molecule has 1 N–H and O–H groups in total. The first-order valence-electron chi connectivity index (χ1n) is 13.7. The summed E-state index contributed by atoms with van der Waals surface area (Å²) in [6, 6.07) is 10.1. The molecule has 1 nitrogen and oxygen atoms in total. The van der Waals surface area contributed by atoms with E-state index in [2.05, 4.69) is 44.4 Å². The second-order valence-corrected chi connectivity index (χ2v) is 10.9. The highest BCUT2D eigenvalue weighted by Crippen LogP contribution is 2.22. The molecular weight excluding hydrogens is 649 g/mol. The lowest BCUT2D eigenvalue weighted by Gasteiger charge is -2.44. The largest absolute Gasteiger partial charge is 0.336 e. The van der Waals surface area contributed by atoms with Gasteiger partial charge in [-0.1, -0.05) is 54.6 Å². The number of halogens is 12. The minimum Gasteiger partial charge on any atom is -0.336 e. The molecule has 246 valence electrons. The van der Waals surface area contributed by atoms with Gasteiger partial charge in [-0.05, 0) is 0 Å². The molecule has 0 bridgehead atoms. The first kappa shape index (κ1) is 35.1. The van der Waals surface area contributed by atoms with Crippen molar-refractivity contribution in [1.29, 1.82) is 0 Å². The summed E-state index contributed by atoms with van der Waals surface area (Å²) in [7, 11) is 4.32. The Balaban J connectivity index is 0.000000427. The van der Waals surface area contributed by atoms with Gasteiger partial charge in [0.15, 0.2) is 23.3 Å². The Morgan fingerprint density at radius 3 is 0.957 bits per heavy atom. The molecule has 0 atom stereocenters. The third-order valence-corrected chi connectivity index (χ3v) is 7.35. The molecule has 0 aliphatic rings. The predicted octanol–water partition coefficient (Wildman–Crippen LogP) is 5.06. The van der Waals surface area contributed by atoms with E-state index >= 15 is 17.6 Å². The highest BCUT2D eigenvalue weighted by atomic mass is 19.2. The second kappa shape index (κ2) is 14.0. The maximum Gasteiger partial charge on any atom is 0.158 e. The summed E-state index contributed by atoms with van der Waals surface area (Å²) in [4.78, 5) is 1.46. The van der Waals surface area contributed by atoms with Gasteiger partial charge >= 0.3 is 0 Å². The van der Waals surface area contributed by atoms with Gasteiger partial charge in [-0.2, -0.15) is 21.9 Å². The zero-order valence-electron chi connectivity index (χ0n) is 24.3. The van der Waals surface area contributed by atoms with Crippen molar-refractivity contribution in [3.8, 4) is 0 Å². The Hall–Kier alpha value is -4.72. The summed E-state index contributed by atoms with van der Waals surface area (Å²) in [5.74, 6) is -24.2. The van der Waals surface area contributed by atoms with Crippen molar-refractivity contribution in [2.45, 2.75) is 6.54 Å². The van der Waals surface area contributed by atoms with Gasteiger partial charge in [0.05, 0.1) is 14.1 Å². The summed E-state index contributed by atoms with van der Waals surface area (Å²) >= 11 is 0. The van der Waals surface area contributed by atoms with Crippen molar-refractivity contribution in [3.63, 3.8) is 0 Å². The third-order valence-electron chi connectivity index (χ3n) is 7.35. The van der Waals surface area contributed by atoms with E-state index in [-0.39, 0.29) is 48.5 Å². The predicted molar refractivity (Wildman–Crippen MR) is 153 cm³/mol. The van der Waals surface area contributed by atoms with Crippen molar-refractivity contribution in [2.75, 3.05) is 14.1 Å². The van der Waals surface area contributed by atoms with Crippen molar-refractivity contribution >= 4 is 28.0 Å². The number of quaternary nitrogens is 1. The van der Waals surface area contributed by atoms with Crippen LogP contribution in [-0.2, 0) is 6.54 Å². The standard InChI is InChI=1S/C24H8BF12.C9H13N/c26-9-1-13(21(34)17(30)5-9)25(14-2-10(27)6-18(31)22(14)35,15-3-11(28)7-19(32)23(15)36)16-4-12(29)8-20(33)24(16)37;1-10(2)8-9-6-4-3-5-7-9/h1-8H;3-7H,8H2,1-2H3/q-1;/p+1. The Labute approximate surface area is 260 Å². The second-order valence-electron chi connectivity index (χ2n) is 10.9. The molecule has 0 unspecified atom stereocenters. The molecule has 0 aromatic heterocycles. The van der Waals surface area contributed by atoms with Crippen LogP contribution in [0.1, 0.15) is 5.56 Å². The van der Waals surface area contributed by atoms with E-state index < -0.39 is 97.8 Å². The Bertz CT molecular complexity index is 1700. The van der Waals surface area contributed by atoms with Gasteiger partial charge in [0.25, 0.3) is 0 Å². The van der Waals surface area contributed by atoms with Crippen molar-refractivity contribution < 1.29 is 57.6 Å². The molecule has 0 saturated carbocycles. The van der Waals surface area contributed by atoms with Crippen LogP contribution in [-0.4, -0.2) is 20.2 Å². The van der Waals surface area contributed by atoms with Crippen molar-refractivity contribution in [2.24, 2.45) is 0 Å². The van der Waals surface area contributed by atoms with Crippen LogP contribution >= 0.6 is 0 Å². The molecule has 5 aromatic rings. The minimum atomic E-state index is -4.89. The van der Waals surface area contributed by atoms with Crippen LogP contribution in [0.5, 0.6) is 0 Å². The van der Waals surface area contributed by atoms with E-state index in [9.17, 15) is 35.1 Å². The van der Waals surface area contributed by atoms with Crippen LogP contribution in [0.3, 0.4) is 0 Å². The summed E-state index contributed by atoms with van der Waals surface area (Å²) in [6.45, 7) is 1.11. The lowest BCUT2D eigenvalue weighted by atomic mass is 9.12. The zero-order valence-corrected chi connectivity index (χ0v) is 24.3. The lowest BCUT2D eigenvalue weighted by molar-refractivity contribution is -0.872. The lowest BCUT2D eigenvalue weighted by Crippen LogP contribution is -3.04. The Morgan fingerprint density at radius 1 is 0.426 bits per heavy atom. The zero-order chi connectivity index (χ0) is 34.8. The van der Waals surface area contributed by atoms with Gasteiger partial charge in [0.2, 0.25) is 0 Å². The smallest absolute Gasteiger partial charge is 0.158 e. The maximum absolute atomic E-state index is 15.3. The van der Waals surface area contributed by atoms with Gasteiger partial charge in [-0.25, -0.2) is 52.7 Å². The number of hydrogen-bond acceptors (Lipinski definition) is 0. The Morgan fingerprint density at radius 2 is 0.702 bits per heavy atom. The van der Waals surface area contributed by atoms with E-state index in [1.54, 1.807) is 0 Å². The van der Waals surface area contributed by atoms with Crippen molar-refractivity contribution in [1.82, 2.24) is 0 Å². The first-order valence-corrected chi connectivity index (χ1v) is 13.7. The van der Waals surface area contributed by atoms with Gasteiger partial charge in [0, 0.05) is 29.8 Å². The fourth-order valence-corrected chi connectivity index (χ4v) is 5.57. The van der Waals surface area contributed by atoms with E-state index in [0.29, 0.717) is 0 Å². The van der Waals surface area contributed by atoms with E-state index in [1.807, 2.05) is 0 Å². The highest BCUT2D eigenvalue weighted by molar-refractivity contribution is 7.20. The van der Waals surface area contributed by atoms with Crippen LogP contribution in [0.4, 0.5) is 52.7 Å². The molecule has 0 fully saturated rings. The number of benzene rings is 5.